The largest absolute Gasteiger partial charge is 0.352 e. The minimum atomic E-state index is -1.04. The van der Waals surface area contributed by atoms with E-state index >= 15 is 0 Å². The molecular weight excluding hydrogens is 306 g/mol. The molecule has 0 radical (unpaired) electrons. The molecule has 0 aromatic heterocycles. The fraction of sp³-hybridized carbons (Fsp3) is 0.500. The second-order valence-corrected chi connectivity index (χ2v) is 6.52. The van der Waals surface area contributed by atoms with Gasteiger partial charge >= 0.3 is 0 Å². The summed E-state index contributed by atoms with van der Waals surface area (Å²) in [5.74, 6) is -0.188. The van der Waals surface area contributed by atoms with Gasteiger partial charge in [-0.3, -0.25) is 4.79 Å². The molecule has 0 spiro atoms. The molecule has 0 bridgehead atoms. The highest BCUT2D eigenvalue weighted by molar-refractivity contribution is 9.10. The van der Waals surface area contributed by atoms with Crippen molar-refractivity contribution in [2.24, 2.45) is 11.5 Å². The van der Waals surface area contributed by atoms with Gasteiger partial charge in [0.05, 0.1) is 0 Å². The Labute approximate surface area is 122 Å². The van der Waals surface area contributed by atoms with Crippen molar-refractivity contribution in [3.8, 4) is 0 Å². The molecule has 0 saturated heterocycles. The van der Waals surface area contributed by atoms with Gasteiger partial charge in [0, 0.05) is 16.6 Å². The molecule has 5 N–H and O–H groups in total. The molecule has 1 fully saturated rings. The van der Waals surface area contributed by atoms with Crippen molar-refractivity contribution in [1.82, 2.24) is 5.32 Å². The number of carbonyl (C=O) groups excluding carboxylic acids is 1. The topological polar surface area (TPSA) is 81.1 Å². The molecule has 1 aliphatic carbocycles. The summed E-state index contributed by atoms with van der Waals surface area (Å²) in [6, 6.07) is 7.46. The van der Waals surface area contributed by atoms with E-state index in [1.54, 1.807) is 6.92 Å². The second-order valence-electron chi connectivity index (χ2n) is 5.61. The molecule has 0 heterocycles. The number of hydrogen-bond acceptors (Lipinski definition) is 3. The summed E-state index contributed by atoms with van der Waals surface area (Å²) >= 11 is 3.37. The van der Waals surface area contributed by atoms with Crippen LogP contribution in [0.1, 0.15) is 31.7 Å². The third kappa shape index (κ3) is 3.16. The number of nitrogens with two attached hydrogens (primary N) is 2. The normalized spacial score (nSPS) is 20.2. The lowest BCUT2D eigenvalue weighted by atomic mass is 9.77. The molecule has 5 heteroatoms. The zero-order valence-electron chi connectivity index (χ0n) is 11.1. The van der Waals surface area contributed by atoms with Gasteiger partial charge in [0.15, 0.2) is 0 Å². The summed E-state index contributed by atoms with van der Waals surface area (Å²) in [6.07, 6.45) is 3.07. The third-order valence-corrected chi connectivity index (χ3v) is 4.39. The van der Waals surface area contributed by atoms with E-state index in [1.807, 2.05) is 24.3 Å². The van der Waals surface area contributed by atoms with Crippen LogP contribution in [0.15, 0.2) is 28.7 Å². The third-order valence-electron chi connectivity index (χ3n) is 3.87. The Morgan fingerprint density at radius 3 is 2.47 bits per heavy atom. The van der Waals surface area contributed by atoms with E-state index in [2.05, 4.69) is 21.2 Å². The van der Waals surface area contributed by atoms with Crippen LogP contribution in [0.4, 0.5) is 0 Å². The van der Waals surface area contributed by atoms with Crippen LogP contribution in [0.2, 0.25) is 0 Å². The van der Waals surface area contributed by atoms with Gasteiger partial charge in [0.1, 0.15) is 5.54 Å². The second kappa shape index (κ2) is 5.23. The maximum Gasteiger partial charge on any atom is 0.244 e. The number of carbonyl (C=O) groups is 1. The van der Waals surface area contributed by atoms with Crippen LogP contribution in [0.5, 0.6) is 0 Å². The van der Waals surface area contributed by atoms with Crippen LogP contribution in [0, 0.1) is 0 Å². The SMILES string of the molecule is CC(N)(C(=O)NCC1(N)CCC1)c1ccc(Br)cc1. The van der Waals surface area contributed by atoms with Gasteiger partial charge < -0.3 is 16.8 Å². The van der Waals surface area contributed by atoms with E-state index in [0.717, 1.165) is 29.3 Å². The highest BCUT2D eigenvalue weighted by Crippen LogP contribution is 2.28. The minimum absolute atomic E-state index is 0.188. The Bertz CT molecular complexity index is 466. The average molecular weight is 326 g/mol. The zero-order chi connectivity index (χ0) is 14.1. The zero-order valence-corrected chi connectivity index (χ0v) is 12.7. The van der Waals surface area contributed by atoms with Crippen molar-refractivity contribution in [3.05, 3.63) is 34.3 Å². The van der Waals surface area contributed by atoms with E-state index in [4.69, 9.17) is 11.5 Å². The molecule has 1 saturated carbocycles. The number of amides is 1. The number of nitrogens with one attached hydrogen (secondary N) is 1. The van der Waals surface area contributed by atoms with E-state index in [-0.39, 0.29) is 11.4 Å². The van der Waals surface area contributed by atoms with Crippen LogP contribution in [0.3, 0.4) is 0 Å². The Kier molecular flexibility index (Phi) is 3.99. The van der Waals surface area contributed by atoms with Gasteiger partial charge in [0.2, 0.25) is 5.91 Å². The van der Waals surface area contributed by atoms with Crippen LogP contribution in [0.25, 0.3) is 0 Å². The van der Waals surface area contributed by atoms with Crippen molar-refractivity contribution in [2.45, 2.75) is 37.3 Å². The summed E-state index contributed by atoms with van der Waals surface area (Å²) < 4.78 is 0.961. The monoisotopic (exact) mass is 325 g/mol. The number of hydrogen-bond donors (Lipinski definition) is 3. The number of benzene rings is 1. The predicted molar refractivity (Wildman–Crippen MR) is 79.5 cm³/mol. The predicted octanol–water partition coefficient (Wildman–Crippen LogP) is 1.62. The lowest BCUT2D eigenvalue weighted by Gasteiger charge is -2.39. The van der Waals surface area contributed by atoms with E-state index in [1.165, 1.54) is 0 Å². The molecule has 2 rings (SSSR count). The lowest BCUT2D eigenvalue weighted by Crippen LogP contribution is -2.58. The van der Waals surface area contributed by atoms with Gasteiger partial charge in [-0.15, -0.1) is 0 Å². The first-order chi connectivity index (χ1) is 8.83. The van der Waals surface area contributed by atoms with Crippen molar-refractivity contribution in [3.63, 3.8) is 0 Å². The summed E-state index contributed by atoms with van der Waals surface area (Å²) in [4.78, 5) is 12.2. The van der Waals surface area contributed by atoms with Gasteiger partial charge in [0.25, 0.3) is 0 Å². The first kappa shape index (κ1) is 14.5. The molecule has 104 valence electrons. The van der Waals surface area contributed by atoms with Gasteiger partial charge in [-0.2, -0.15) is 0 Å². The first-order valence-corrected chi connectivity index (χ1v) is 7.25. The maximum atomic E-state index is 12.2. The van der Waals surface area contributed by atoms with Crippen LogP contribution in [-0.4, -0.2) is 18.0 Å². The van der Waals surface area contributed by atoms with E-state index in [9.17, 15) is 4.79 Å². The Hall–Kier alpha value is -0.910. The van der Waals surface area contributed by atoms with Gasteiger partial charge in [-0.25, -0.2) is 0 Å². The Morgan fingerprint density at radius 2 is 2.00 bits per heavy atom. The summed E-state index contributed by atoms with van der Waals surface area (Å²) in [6.45, 7) is 2.21. The van der Waals surface area contributed by atoms with Crippen molar-refractivity contribution in [2.75, 3.05) is 6.54 Å². The summed E-state index contributed by atoms with van der Waals surface area (Å²) in [7, 11) is 0. The lowest BCUT2D eigenvalue weighted by molar-refractivity contribution is -0.126. The molecule has 1 amide bonds. The minimum Gasteiger partial charge on any atom is -0.352 e. The first-order valence-electron chi connectivity index (χ1n) is 6.46. The Balaban J connectivity index is 2.01. The van der Waals surface area contributed by atoms with E-state index in [0.29, 0.717) is 6.54 Å². The molecule has 1 aliphatic rings. The Morgan fingerprint density at radius 1 is 1.42 bits per heavy atom. The maximum absolute atomic E-state index is 12.2. The van der Waals surface area contributed by atoms with Gasteiger partial charge in [-0.1, -0.05) is 28.1 Å². The molecule has 1 aromatic rings. The van der Waals surface area contributed by atoms with Gasteiger partial charge in [-0.05, 0) is 43.9 Å². The van der Waals surface area contributed by atoms with E-state index < -0.39 is 5.54 Å². The number of halogens is 1. The molecule has 1 atom stereocenters. The highest BCUT2D eigenvalue weighted by atomic mass is 79.9. The van der Waals surface area contributed by atoms with Crippen LogP contribution >= 0.6 is 15.9 Å². The fourth-order valence-electron chi connectivity index (χ4n) is 2.17. The summed E-state index contributed by atoms with van der Waals surface area (Å²) in [5.41, 5.74) is 11.8. The molecule has 4 nitrogen and oxygen atoms in total. The van der Waals surface area contributed by atoms with Crippen LogP contribution < -0.4 is 16.8 Å². The fourth-order valence-corrected chi connectivity index (χ4v) is 2.44. The van der Waals surface area contributed by atoms with Crippen molar-refractivity contribution < 1.29 is 4.79 Å². The highest BCUT2D eigenvalue weighted by Gasteiger charge is 2.36. The smallest absolute Gasteiger partial charge is 0.244 e. The standard InChI is InChI=1S/C14H20BrN3O/c1-13(16,10-3-5-11(15)6-4-10)12(19)18-9-14(17)7-2-8-14/h3-6H,2,7-9,16-17H2,1H3,(H,18,19). The number of rotatable bonds is 4. The average Bonchev–Trinajstić information content (AvgIpc) is 2.34. The molecule has 1 aromatic carbocycles. The molecular formula is C14H20BrN3O. The summed E-state index contributed by atoms with van der Waals surface area (Å²) in [5, 5.41) is 2.88. The van der Waals surface area contributed by atoms with Crippen LogP contribution in [-0.2, 0) is 10.3 Å². The molecule has 1 unspecified atom stereocenters. The quantitative estimate of drug-likeness (QED) is 0.786. The van der Waals surface area contributed by atoms with Crippen molar-refractivity contribution >= 4 is 21.8 Å². The molecule has 19 heavy (non-hydrogen) atoms. The van der Waals surface area contributed by atoms with Crippen molar-refractivity contribution in [1.29, 1.82) is 0 Å². The molecule has 0 aliphatic heterocycles.